The van der Waals surface area contributed by atoms with E-state index in [1.54, 1.807) is 0 Å². The lowest BCUT2D eigenvalue weighted by atomic mass is 10.1. The van der Waals surface area contributed by atoms with Gasteiger partial charge in [0.2, 0.25) is 0 Å². The Morgan fingerprint density at radius 3 is 0.802 bits per heavy atom. The van der Waals surface area contributed by atoms with Crippen molar-refractivity contribution in [2.75, 3.05) is 13.2 Å². The van der Waals surface area contributed by atoms with Crippen LogP contribution in [0.4, 0.5) is 0 Å². The van der Waals surface area contributed by atoms with Gasteiger partial charge in [-0.15, -0.1) is 0 Å². The lowest BCUT2D eigenvalue weighted by molar-refractivity contribution is -0.167. The van der Waals surface area contributed by atoms with E-state index in [0.717, 1.165) is 148 Å². The van der Waals surface area contributed by atoms with E-state index >= 15 is 0 Å². The molecule has 0 aliphatic heterocycles. The molecule has 0 N–H and O–H groups in total. The molecule has 1 atom stereocenters. The Hall–Kier alpha value is -4.71. The van der Waals surface area contributed by atoms with Crippen LogP contribution in [0, 0.1) is 0 Å². The minimum absolute atomic E-state index is 0.100. The molecule has 6 nitrogen and oxygen atoms in total. The number of hydrogen-bond acceptors (Lipinski definition) is 6. The molecule has 6 heteroatoms. The summed E-state index contributed by atoms with van der Waals surface area (Å²) in [6, 6.07) is 0. The third-order valence-corrected chi connectivity index (χ3v) is 13.8. The molecule has 81 heavy (non-hydrogen) atoms. The summed E-state index contributed by atoms with van der Waals surface area (Å²) in [4.78, 5) is 38.3. The van der Waals surface area contributed by atoms with Crippen LogP contribution in [0.3, 0.4) is 0 Å². The van der Waals surface area contributed by atoms with Crippen molar-refractivity contribution in [2.24, 2.45) is 0 Å². The molecule has 0 aromatic heterocycles. The molecule has 0 aromatic carbocycles. The third-order valence-electron chi connectivity index (χ3n) is 13.8. The van der Waals surface area contributed by atoms with Crippen molar-refractivity contribution >= 4 is 17.9 Å². The van der Waals surface area contributed by atoms with Crippen LogP contribution in [-0.2, 0) is 28.6 Å². The molecule has 0 amide bonds. The second kappa shape index (κ2) is 67.8. The highest BCUT2D eigenvalue weighted by atomic mass is 16.6. The maximum absolute atomic E-state index is 12.9. The highest BCUT2D eigenvalue weighted by Gasteiger charge is 2.19. The molecule has 0 aromatic rings. The lowest BCUT2D eigenvalue weighted by Crippen LogP contribution is -2.30. The van der Waals surface area contributed by atoms with Crippen molar-refractivity contribution in [3.05, 3.63) is 146 Å². The first-order valence-corrected chi connectivity index (χ1v) is 33.3. The third kappa shape index (κ3) is 66.0. The Bertz CT molecular complexity index is 1760. The highest BCUT2D eigenvalue weighted by molar-refractivity contribution is 5.71. The second-order valence-corrected chi connectivity index (χ2v) is 21.6. The minimum Gasteiger partial charge on any atom is -0.462 e. The Kier molecular flexibility index (Phi) is 63.9. The summed E-state index contributed by atoms with van der Waals surface area (Å²) < 4.78 is 16.9. The van der Waals surface area contributed by atoms with E-state index in [-0.39, 0.29) is 31.1 Å². The predicted molar refractivity (Wildman–Crippen MR) is 352 cm³/mol. The fraction of sp³-hybridized carbons (Fsp3) is 0.640. The van der Waals surface area contributed by atoms with E-state index in [1.807, 2.05) is 0 Å². The van der Waals surface area contributed by atoms with Gasteiger partial charge < -0.3 is 14.2 Å². The van der Waals surface area contributed by atoms with Crippen molar-refractivity contribution in [1.29, 1.82) is 0 Å². The van der Waals surface area contributed by atoms with Crippen LogP contribution in [0.25, 0.3) is 0 Å². The summed E-state index contributed by atoms with van der Waals surface area (Å²) in [5, 5.41) is 0. The minimum atomic E-state index is -0.807. The number of unbranched alkanes of at least 4 members (excludes halogenated alkanes) is 24. The zero-order chi connectivity index (χ0) is 58.5. The SMILES string of the molecule is CC/C=C\C/C=C\C/C=C\C/C=C\C/C=C\C/C=C\C/C=C\C/C=C\C/C=C\CCCCCC(=O)OCC(COC(=O)CCCCCCC/C=C\CCCCCCCC)OC(=O)CCCCCCCCC/C=C\C/C=C\CCCCC. The van der Waals surface area contributed by atoms with Crippen molar-refractivity contribution in [1.82, 2.24) is 0 Å². The number of carbonyl (C=O) groups excluding carboxylic acids is 3. The zero-order valence-electron chi connectivity index (χ0n) is 52.5. The van der Waals surface area contributed by atoms with Gasteiger partial charge in [0, 0.05) is 19.3 Å². The van der Waals surface area contributed by atoms with Crippen LogP contribution in [0.5, 0.6) is 0 Å². The summed E-state index contributed by atoms with van der Waals surface area (Å²) in [5.41, 5.74) is 0. The van der Waals surface area contributed by atoms with Gasteiger partial charge in [0.1, 0.15) is 13.2 Å². The predicted octanol–water partition coefficient (Wildman–Crippen LogP) is 23.1. The van der Waals surface area contributed by atoms with Crippen LogP contribution in [-0.4, -0.2) is 37.2 Å². The molecule has 0 heterocycles. The van der Waals surface area contributed by atoms with E-state index < -0.39 is 6.10 Å². The smallest absolute Gasteiger partial charge is 0.306 e. The molecular weight excluding hydrogens is 997 g/mol. The lowest BCUT2D eigenvalue weighted by Gasteiger charge is -2.18. The fourth-order valence-electron chi connectivity index (χ4n) is 8.81. The van der Waals surface area contributed by atoms with Gasteiger partial charge in [-0.25, -0.2) is 0 Å². The molecule has 0 aliphatic rings. The molecule has 458 valence electrons. The zero-order valence-corrected chi connectivity index (χ0v) is 52.5. The van der Waals surface area contributed by atoms with E-state index in [4.69, 9.17) is 14.2 Å². The molecule has 0 saturated heterocycles. The Morgan fingerprint density at radius 2 is 0.481 bits per heavy atom. The van der Waals surface area contributed by atoms with Crippen molar-refractivity contribution in [3.8, 4) is 0 Å². The largest absolute Gasteiger partial charge is 0.462 e. The maximum atomic E-state index is 12.9. The highest BCUT2D eigenvalue weighted by Crippen LogP contribution is 2.14. The number of ether oxygens (including phenoxy) is 3. The van der Waals surface area contributed by atoms with Gasteiger partial charge in [-0.1, -0.05) is 269 Å². The summed E-state index contributed by atoms with van der Waals surface area (Å²) in [6.45, 7) is 6.46. The normalized spacial score (nSPS) is 13.1. The Morgan fingerprint density at radius 1 is 0.259 bits per heavy atom. The molecule has 0 spiro atoms. The Balaban J connectivity index is 4.43. The first-order valence-electron chi connectivity index (χ1n) is 33.3. The van der Waals surface area contributed by atoms with Crippen LogP contribution in [0.1, 0.15) is 290 Å². The van der Waals surface area contributed by atoms with Gasteiger partial charge in [-0.3, -0.25) is 14.4 Å². The van der Waals surface area contributed by atoms with E-state index in [9.17, 15) is 14.4 Å². The molecule has 0 fully saturated rings. The number of rotatable bonds is 59. The monoisotopic (exact) mass is 1120 g/mol. The Labute approximate surface area is 499 Å². The first kappa shape index (κ1) is 76.3. The molecular formula is C75H122O6. The quantitative estimate of drug-likeness (QED) is 0.0261. The van der Waals surface area contributed by atoms with Crippen molar-refractivity contribution in [3.63, 3.8) is 0 Å². The average molecular weight is 1120 g/mol. The molecule has 0 radical (unpaired) electrons. The fourth-order valence-corrected chi connectivity index (χ4v) is 8.81. The summed E-state index contributed by atoms with van der Waals surface area (Å²) in [6.07, 6.45) is 97.1. The summed E-state index contributed by atoms with van der Waals surface area (Å²) >= 11 is 0. The van der Waals surface area contributed by atoms with Gasteiger partial charge in [0.05, 0.1) is 0 Å². The van der Waals surface area contributed by atoms with Crippen LogP contribution in [0.2, 0.25) is 0 Å². The van der Waals surface area contributed by atoms with Gasteiger partial charge in [0.25, 0.3) is 0 Å². The molecule has 0 saturated carbocycles. The van der Waals surface area contributed by atoms with E-state index in [2.05, 4.69) is 167 Å². The average Bonchev–Trinajstić information content (AvgIpc) is 3.47. The number of allylic oxidation sites excluding steroid dienone is 24. The van der Waals surface area contributed by atoms with Crippen molar-refractivity contribution in [2.45, 2.75) is 297 Å². The van der Waals surface area contributed by atoms with Gasteiger partial charge in [-0.05, 0) is 148 Å². The van der Waals surface area contributed by atoms with Crippen LogP contribution < -0.4 is 0 Å². The molecule has 1 unspecified atom stereocenters. The van der Waals surface area contributed by atoms with Crippen LogP contribution in [0.15, 0.2) is 146 Å². The van der Waals surface area contributed by atoms with Gasteiger partial charge in [-0.2, -0.15) is 0 Å². The van der Waals surface area contributed by atoms with E-state index in [0.29, 0.717) is 19.3 Å². The summed E-state index contributed by atoms with van der Waals surface area (Å²) in [7, 11) is 0. The topological polar surface area (TPSA) is 78.9 Å². The molecule has 0 bridgehead atoms. The standard InChI is InChI=1S/C75H122O6/c1-4-7-10-13-16-19-22-25-28-30-31-32-33-34-35-36-37-38-39-40-41-42-43-45-47-50-53-56-59-62-65-68-74(77)80-71-72(70-79-73(76)67-64-61-58-55-52-49-46-27-24-21-18-15-12-9-6-3)81-75(78)69-66-63-60-57-54-51-48-44-29-26-23-20-17-14-11-8-5-2/h7,10,16-17,19-20,25-29,31-32,34-35,37-38,40-41,43,45-46,50,53,72H,4-6,8-9,11-15,18,21-24,30,33,36,39,42,44,47-49,51-52,54-71H2,1-3H3/b10-7-,19-16-,20-17-,28-25-,29-26-,32-31-,35-34-,38-37-,41-40-,45-43-,46-27-,53-50-. The van der Waals surface area contributed by atoms with Gasteiger partial charge in [0.15, 0.2) is 6.10 Å². The van der Waals surface area contributed by atoms with E-state index in [1.165, 1.54) is 103 Å². The number of hydrogen-bond donors (Lipinski definition) is 0. The first-order chi connectivity index (χ1) is 40.0. The molecule has 0 rings (SSSR count). The summed E-state index contributed by atoms with van der Waals surface area (Å²) in [5.74, 6) is -0.948. The maximum Gasteiger partial charge on any atom is 0.306 e. The van der Waals surface area contributed by atoms with Crippen molar-refractivity contribution < 1.29 is 28.6 Å². The molecule has 0 aliphatic carbocycles. The second-order valence-electron chi connectivity index (χ2n) is 21.6. The number of carbonyl (C=O) groups is 3. The van der Waals surface area contributed by atoms with Gasteiger partial charge >= 0.3 is 17.9 Å². The number of esters is 3. The van der Waals surface area contributed by atoms with Crippen LogP contribution >= 0.6 is 0 Å².